The highest BCUT2D eigenvalue weighted by Gasteiger charge is 2.33. The van der Waals surface area contributed by atoms with E-state index in [0.29, 0.717) is 11.3 Å². The Morgan fingerprint density at radius 3 is 2.39 bits per heavy atom. The van der Waals surface area contributed by atoms with E-state index in [9.17, 15) is 19.2 Å². The molecule has 0 fully saturated rings. The standard InChI is InChI=1S/C25H22N4O7/c1-14(24(33)35-2)28-13-16(18-6-4-5-7-20(18)28)12-19-21(26-25(34)36-3)27-29(22(19)30)17-10-8-15(9-11-17)23(31)32/h4-14H,1-3H3,(H,31,32)(H,26,27,34). The van der Waals surface area contributed by atoms with Gasteiger partial charge in [0.25, 0.3) is 5.91 Å². The fraction of sp³-hybridized carbons (Fsp3) is 0.160. The van der Waals surface area contributed by atoms with Gasteiger partial charge in [0.15, 0.2) is 5.84 Å². The molecule has 1 unspecified atom stereocenters. The van der Waals surface area contributed by atoms with E-state index in [1.165, 1.54) is 38.5 Å². The molecule has 0 aliphatic carbocycles. The predicted molar refractivity (Wildman–Crippen MR) is 131 cm³/mol. The topological polar surface area (TPSA) is 140 Å². The van der Waals surface area contributed by atoms with Crippen molar-refractivity contribution in [1.29, 1.82) is 0 Å². The number of aromatic carboxylic acids is 1. The molecule has 184 valence electrons. The SMILES string of the molecule is COC(=O)NC1=NN(c2ccc(C(=O)O)cc2)C(=O)C1=Cc1cn(C(C)C(=O)OC)c2ccccc12. The second-order valence-electron chi connectivity index (χ2n) is 7.80. The summed E-state index contributed by atoms with van der Waals surface area (Å²) in [5, 5.41) is 17.6. The van der Waals surface area contributed by atoms with Crippen molar-refractivity contribution in [2.24, 2.45) is 5.10 Å². The number of carbonyl (C=O) groups excluding carboxylic acids is 3. The highest BCUT2D eigenvalue weighted by molar-refractivity contribution is 6.34. The average Bonchev–Trinajstić information content (AvgIpc) is 3.41. The largest absolute Gasteiger partial charge is 0.478 e. The lowest BCUT2D eigenvalue weighted by molar-refractivity contribution is -0.143. The molecule has 11 nitrogen and oxygen atoms in total. The zero-order valence-electron chi connectivity index (χ0n) is 19.6. The van der Waals surface area contributed by atoms with E-state index in [4.69, 9.17) is 9.84 Å². The summed E-state index contributed by atoms with van der Waals surface area (Å²) in [6.07, 6.45) is 2.45. The Morgan fingerprint density at radius 2 is 1.75 bits per heavy atom. The first-order chi connectivity index (χ1) is 17.2. The van der Waals surface area contributed by atoms with Crippen LogP contribution in [-0.2, 0) is 19.1 Å². The minimum atomic E-state index is -1.11. The van der Waals surface area contributed by atoms with Gasteiger partial charge in [-0.1, -0.05) is 18.2 Å². The van der Waals surface area contributed by atoms with Gasteiger partial charge >= 0.3 is 18.0 Å². The van der Waals surface area contributed by atoms with Crippen LogP contribution in [0.25, 0.3) is 17.0 Å². The number of para-hydroxylation sites is 1. The molecule has 1 atom stereocenters. The molecule has 36 heavy (non-hydrogen) atoms. The van der Waals surface area contributed by atoms with Crippen molar-refractivity contribution < 1.29 is 33.8 Å². The van der Waals surface area contributed by atoms with E-state index in [1.54, 1.807) is 23.8 Å². The molecule has 2 aromatic carbocycles. The van der Waals surface area contributed by atoms with Gasteiger partial charge in [0.05, 0.1) is 31.0 Å². The molecule has 2 heterocycles. The molecule has 4 rings (SSSR count). The van der Waals surface area contributed by atoms with Crippen molar-refractivity contribution in [3.63, 3.8) is 0 Å². The van der Waals surface area contributed by atoms with E-state index in [1.807, 2.05) is 24.3 Å². The number of methoxy groups -OCH3 is 2. The Bertz CT molecular complexity index is 1440. The zero-order valence-corrected chi connectivity index (χ0v) is 19.6. The van der Waals surface area contributed by atoms with E-state index < -0.39 is 30.0 Å². The maximum atomic E-state index is 13.4. The number of nitrogens with zero attached hydrogens (tertiary/aromatic N) is 3. The number of ether oxygens (including phenoxy) is 2. The normalized spacial score (nSPS) is 15.1. The quantitative estimate of drug-likeness (QED) is 0.414. The number of hydrogen-bond donors (Lipinski definition) is 2. The van der Waals surface area contributed by atoms with Gasteiger partial charge in [0.1, 0.15) is 6.04 Å². The van der Waals surface area contributed by atoms with Crippen molar-refractivity contribution >= 4 is 52.4 Å². The minimum absolute atomic E-state index is 0.0468. The number of carboxylic acids is 1. The maximum absolute atomic E-state index is 13.4. The number of anilines is 1. The van der Waals surface area contributed by atoms with Crippen molar-refractivity contribution in [2.45, 2.75) is 13.0 Å². The Labute approximate surface area is 205 Å². The molecular formula is C25H22N4O7. The highest BCUT2D eigenvalue weighted by Crippen LogP contribution is 2.30. The molecule has 11 heteroatoms. The summed E-state index contributed by atoms with van der Waals surface area (Å²) >= 11 is 0. The van der Waals surface area contributed by atoms with Crippen LogP contribution in [-0.4, -0.2) is 53.7 Å². The van der Waals surface area contributed by atoms with Gasteiger partial charge in [-0.15, -0.1) is 5.10 Å². The third-order valence-electron chi connectivity index (χ3n) is 5.67. The maximum Gasteiger partial charge on any atom is 0.412 e. The Kier molecular flexibility index (Phi) is 6.55. The molecule has 2 amide bonds. The molecule has 0 bridgehead atoms. The van der Waals surface area contributed by atoms with Gasteiger partial charge in [-0.3, -0.25) is 10.1 Å². The smallest absolute Gasteiger partial charge is 0.412 e. The van der Waals surface area contributed by atoms with Gasteiger partial charge in [-0.05, 0) is 43.3 Å². The van der Waals surface area contributed by atoms with E-state index in [2.05, 4.69) is 15.2 Å². The summed E-state index contributed by atoms with van der Waals surface area (Å²) in [6, 6.07) is 12.3. The Hall–Kier alpha value is -4.93. The molecule has 0 saturated carbocycles. The number of carbonyl (C=O) groups is 4. The van der Waals surface area contributed by atoms with Gasteiger partial charge in [-0.2, -0.15) is 5.01 Å². The first-order valence-electron chi connectivity index (χ1n) is 10.8. The second-order valence-corrected chi connectivity index (χ2v) is 7.80. The second kappa shape index (κ2) is 9.74. The number of rotatable bonds is 5. The van der Waals surface area contributed by atoms with E-state index in [0.717, 1.165) is 15.9 Å². The predicted octanol–water partition coefficient (Wildman–Crippen LogP) is 3.17. The number of hydrazone groups is 1. The third-order valence-corrected chi connectivity index (χ3v) is 5.67. The van der Waals surface area contributed by atoms with Crippen molar-refractivity contribution in [3.05, 3.63) is 71.4 Å². The number of amides is 2. The molecular weight excluding hydrogens is 468 g/mol. The van der Waals surface area contributed by atoms with Gasteiger partial charge < -0.3 is 19.1 Å². The molecule has 0 spiro atoms. The first kappa shape index (κ1) is 24.2. The molecule has 3 aromatic rings. The Morgan fingerprint density at radius 1 is 1.06 bits per heavy atom. The van der Waals surface area contributed by atoms with E-state index in [-0.39, 0.29) is 17.0 Å². The molecule has 0 saturated heterocycles. The van der Waals surface area contributed by atoms with Crippen LogP contribution in [0.5, 0.6) is 0 Å². The van der Waals surface area contributed by atoms with Crippen molar-refractivity contribution in [2.75, 3.05) is 19.2 Å². The fourth-order valence-electron chi connectivity index (χ4n) is 3.81. The van der Waals surface area contributed by atoms with Crippen LogP contribution in [0.4, 0.5) is 10.5 Å². The number of carboxylic acid groups (broad SMARTS) is 1. The van der Waals surface area contributed by atoms with Crippen molar-refractivity contribution in [1.82, 2.24) is 9.88 Å². The molecule has 1 aromatic heterocycles. The lowest BCUT2D eigenvalue weighted by atomic mass is 10.1. The summed E-state index contributed by atoms with van der Waals surface area (Å²) in [4.78, 5) is 48.7. The number of alkyl carbamates (subject to hydrolysis) is 1. The number of fused-ring (bicyclic) bond motifs is 1. The minimum Gasteiger partial charge on any atom is -0.478 e. The third kappa shape index (κ3) is 4.41. The van der Waals surface area contributed by atoms with Crippen molar-refractivity contribution in [3.8, 4) is 0 Å². The highest BCUT2D eigenvalue weighted by atomic mass is 16.5. The molecule has 1 aliphatic heterocycles. The molecule has 2 N–H and O–H groups in total. The van der Waals surface area contributed by atoms with E-state index >= 15 is 0 Å². The number of esters is 1. The van der Waals surface area contributed by atoms with Crippen LogP contribution in [0.1, 0.15) is 28.9 Å². The average molecular weight is 490 g/mol. The van der Waals surface area contributed by atoms with Crippen LogP contribution in [0, 0.1) is 0 Å². The lowest BCUT2D eigenvalue weighted by Crippen LogP contribution is -2.31. The number of aromatic nitrogens is 1. The first-order valence-corrected chi connectivity index (χ1v) is 10.8. The summed E-state index contributed by atoms with van der Waals surface area (Å²) in [5.74, 6) is -2.14. The Balaban J connectivity index is 1.80. The summed E-state index contributed by atoms with van der Waals surface area (Å²) in [5.41, 5.74) is 1.77. The number of benzene rings is 2. The van der Waals surface area contributed by atoms with Crippen LogP contribution in [0.3, 0.4) is 0 Å². The fourth-order valence-corrected chi connectivity index (χ4v) is 3.81. The van der Waals surface area contributed by atoms with Crippen LogP contribution in [0.2, 0.25) is 0 Å². The lowest BCUT2D eigenvalue weighted by Gasteiger charge is -2.12. The van der Waals surface area contributed by atoms with Gasteiger partial charge in [-0.25, -0.2) is 14.4 Å². The number of amidine groups is 1. The summed E-state index contributed by atoms with van der Waals surface area (Å²) < 4.78 is 11.3. The van der Waals surface area contributed by atoms with Crippen LogP contribution >= 0.6 is 0 Å². The van der Waals surface area contributed by atoms with Crippen LogP contribution < -0.4 is 10.3 Å². The molecule has 0 radical (unpaired) electrons. The monoisotopic (exact) mass is 490 g/mol. The zero-order chi connectivity index (χ0) is 26.0. The summed E-state index contributed by atoms with van der Waals surface area (Å²) in [7, 11) is 2.49. The van der Waals surface area contributed by atoms with Crippen LogP contribution in [0.15, 0.2) is 65.4 Å². The van der Waals surface area contributed by atoms with Gasteiger partial charge in [0, 0.05) is 22.7 Å². The molecule has 1 aliphatic rings. The summed E-state index contributed by atoms with van der Waals surface area (Å²) in [6.45, 7) is 1.70. The number of hydrogen-bond acceptors (Lipinski definition) is 7. The number of nitrogens with one attached hydrogen (secondary N) is 1. The van der Waals surface area contributed by atoms with Gasteiger partial charge in [0.2, 0.25) is 0 Å².